The third-order valence-corrected chi connectivity index (χ3v) is 2.76. The van der Waals surface area contributed by atoms with Crippen molar-refractivity contribution in [3.63, 3.8) is 0 Å². The van der Waals surface area contributed by atoms with Crippen LogP contribution in [0.2, 0.25) is 0 Å². The van der Waals surface area contributed by atoms with Crippen molar-refractivity contribution in [2.75, 3.05) is 27.3 Å². The lowest BCUT2D eigenvalue weighted by Crippen LogP contribution is -2.35. The van der Waals surface area contributed by atoms with Gasteiger partial charge in [0.25, 0.3) is 0 Å². The third-order valence-electron chi connectivity index (χ3n) is 2.76. The normalized spacial score (nSPS) is 24.0. The van der Waals surface area contributed by atoms with Crippen LogP contribution in [-0.2, 0) is 4.74 Å². The van der Waals surface area contributed by atoms with Gasteiger partial charge in [0, 0.05) is 19.3 Å². The Hall–Kier alpha value is -0.0800. The van der Waals surface area contributed by atoms with Crippen molar-refractivity contribution in [3.05, 3.63) is 0 Å². The van der Waals surface area contributed by atoms with E-state index in [1.54, 1.807) is 0 Å². The van der Waals surface area contributed by atoms with Crippen LogP contribution in [0, 0.1) is 5.92 Å². The summed E-state index contributed by atoms with van der Waals surface area (Å²) in [5.41, 5.74) is 0. The Balaban J connectivity index is 2.32. The van der Waals surface area contributed by atoms with Gasteiger partial charge in [-0.25, -0.2) is 0 Å². The fourth-order valence-electron chi connectivity index (χ4n) is 1.62. The number of hydrogen-bond donors (Lipinski definition) is 0. The van der Waals surface area contributed by atoms with Crippen molar-refractivity contribution in [1.29, 1.82) is 0 Å². The van der Waals surface area contributed by atoms with Gasteiger partial charge >= 0.3 is 0 Å². The summed E-state index contributed by atoms with van der Waals surface area (Å²) in [5.74, 6) is 0.846. The van der Waals surface area contributed by atoms with Crippen LogP contribution >= 0.6 is 0 Å². The summed E-state index contributed by atoms with van der Waals surface area (Å²) < 4.78 is 5.31. The van der Waals surface area contributed by atoms with E-state index in [1.165, 1.54) is 12.8 Å². The summed E-state index contributed by atoms with van der Waals surface area (Å²) in [5, 5.41) is 0. The van der Waals surface area contributed by atoms with Crippen LogP contribution in [0.3, 0.4) is 0 Å². The molecule has 0 aliphatic carbocycles. The molecule has 1 saturated heterocycles. The predicted molar refractivity (Wildman–Crippen MR) is 46.7 cm³/mol. The van der Waals surface area contributed by atoms with E-state index in [-0.39, 0.29) is 0 Å². The van der Waals surface area contributed by atoms with E-state index in [0.717, 1.165) is 19.1 Å². The largest absolute Gasteiger partial charge is 0.381 e. The first-order valence-electron chi connectivity index (χ1n) is 4.46. The molecule has 11 heavy (non-hydrogen) atoms. The molecule has 0 aromatic rings. The molecule has 0 N–H and O–H groups in total. The smallest absolute Gasteiger partial charge is 0.0469 e. The molecule has 0 radical (unpaired) electrons. The highest BCUT2D eigenvalue weighted by atomic mass is 16.5. The summed E-state index contributed by atoms with van der Waals surface area (Å²) in [6.45, 7) is 4.22. The van der Waals surface area contributed by atoms with Gasteiger partial charge in [0.15, 0.2) is 0 Å². The lowest BCUT2D eigenvalue weighted by atomic mass is 9.92. The number of hydrogen-bond acceptors (Lipinski definition) is 2. The summed E-state index contributed by atoms with van der Waals surface area (Å²) in [7, 11) is 4.31. The zero-order chi connectivity index (χ0) is 8.27. The molecule has 1 fully saturated rings. The number of rotatable bonds is 2. The Morgan fingerprint density at radius 1 is 1.27 bits per heavy atom. The highest BCUT2D eigenvalue weighted by Gasteiger charge is 2.21. The summed E-state index contributed by atoms with van der Waals surface area (Å²) in [6, 6.07) is 0.707. The average molecular weight is 157 g/mol. The van der Waals surface area contributed by atoms with Crippen LogP contribution in [0.4, 0.5) is 0 Å². The second-order valence-corrected chi connectivity index (χ2v) is 3.65. The van der Waals surface area contributed by atoms with Gasteiger partial charge in [0.05, 0.1) is 0 Å². The molecule has 1 atom stereocenters. The second-order valence-electron chi connectivity index (χ2n) is 3.65. The van der Waals surface area contributed by atoms with Gasteiger partial charge in [-0.15, -0.1) is 0 Å². The van der Waals surface area contributed by atoms with E-state index in [2.05, 4.69) is 25.9 Å². The van der Waals surface area contributed by atoms with Gasteiger partial charge < -0.3 is 9.64 Å². The molecule has 0 amide bonds. The molecule has 1 unspecified atom stereocenters. The Labute approximate surface area is 69.5 Å². The van der Waals surface area contributed by atoms with Crippen LogP contribution < -0.4 is 0 Å². The highest BCUT2D eigenvalue weighted by Crippen LogP contribution is 2.20. The Bertz CT molecular complexity index is 108. The maximum atomic E-state index is 5.31. The molecule has 1 aliphatic heterocycles. The van der Waals surface area contributed by atoms with Gasteiger partial charge in [-0.3, -0.25) is 0 Å². The Kier molecular flexibility index (Phi) is 3.34. The molecule has 0 aromatic carbocycles. The first kappa shape index (κ1) is 9.01. The van der Waals surface area contributed by atoms with Gasteiger partial charge in [-0.2, -0.15) is 0 Å². The monoisotopic (exact) mass is 157 g/mol. The molecule has 1 aliphatic rings. The van der Waals surface area contributed by atoms with Crippen molar-refractivity contribution in [3.8, 4) is 0 Å². The molecule has 1 rings (SSSR count). The fourth-order valence-corrected chi connectivity index (χ4v) is 1.62. The summed E-state index contributed by atoms with van der Waals surface area (Å²) in [6.07, 6.45) is 2.47. The minimum atomic E-state index is 0.707. The van der Waals surface area contributed by atoms with Crippen molar-refractivity contribution in [2.45, 2.75) is 25.8 Å². The van der Waals surface area contributed by atoms with Crippen molar-refractivity contribution in [2.24, 2.45) is 5.92 Å². The molecular weight excluding hydrogens is 138 g/mol. The maximum Gasteiger partial charge on any atom is 0.0469 e. The Morgan fingerprint density at radius 2 is 1.82 bits per heavy atom. The molecular formula is C9H19NO. The quantitative estimate of drug-likeness (QED) is 0.600. The summed E-state index contributed by atoms with van der Waals surface area (Å²) in [4.78, 5) is 2.30. The number of nitrogens with zero attached hydrogens (tertiary/aromatic N) is 1. The van der Waals surface area contributed by atoms with Gasteiger partial charge in [0.2, 0.25) is 0 Å². The van der Waals surface area contributed by atoms with E-state index in [1.807, 2.05) is 0 Å². The molecule has 2 heteroatoms. The molecule has 0 spiro atoms. The first-order valence-corrected chi connectivity index (χ1v) is 4.46. The van der Waals surface area contributed by atoms with E-state index in [9.17, 15) is 0 Å². The van der Waals surface area contributed by atoms with Gasteiger partial charge in [0.1, 0.15) is 0 Å². The topological polar surface area (TPSA) is 12.5 Å². The number of ether oxygens (including phenoxy) is 1. The van der Waals surface area contributed by atoms with E-state index >= 15 is 0 Å². The zero-order valence-corrected chi connectivity index (χ0v) is 7.84. The van der Waals surface area contributed by atoms with Gasteiger partial charge in [-0.05, 0) is 39.8 Å². The van der Waals surface area contributed by atoms with E-state index < -0.39 is 0 Å². The van der Waals surface area contributed by atoms with E-state index in [0.29, 0.717) is 6.04 Å². The lowest BCUT2D eigenvalue weighted by Gasteiger charge is -2.31. The summed E-state index contributed by atoms with van der Waals surface area (Å²) >= 11 is 0. The molecule has 2 nitrogen and oxygen atoms in total. The molecule has 66 valence electrons. The van der Waals surface area contributed by atoms with Crippen LogP contribution in [0.15, 0.2) is 0 Å². The van der Waals surface area contributed by atoms with Gasteiger partial charge in [-0.1, -0.05) is 0 Å². The minimum absolute atomic E-state index is 0.707. The molecule has 0 saturated carbocycles. The SMILES string of the molecule is CC(C1CCOCC1)N(C)C. The van der Waals surface area contributed by atoms with Crippen molar-refractivity contribution in [1.82, 2.24) is 4.90 Å². The van der Waals surface area contributed by atoms with Crippen molar-refractivity contribution >= 4 is 0 Å². The molecule has 0 bridgehead atoms. The van der Waals surface area contributed by atoms with E-state index in [4.69, 9.17) is 4.74 Å². The maximum absolute atomic E-state index is 5.31. The standard InChI is InChI=1S/C9H19NO/c1-8(10(2)3)9-4-6-11-7-5-9/h8-9H,4-7H2,1-3H3. The van der Waals surface area contributed by atoms with Crippen LogP contribution in [0.25, 0.3) is 0 Å². The average Bonchev–Trinajstić information content (AvgIpc) is 2.05. The fraction of sp³-hybridized carbons (Fsp3) is 1.00. The third kappa shape index (κ3) is 2.46. The minimum Gasteiger partial charge on any atom is -0.381 e. The predicted octanol–water partition coefficient (Wildman–Crippen LogP) is 1.36. The van der Waals surface area contributed by atoms with Crippen LogP contribution in [0.5, 0.6) is 0 Å². The Morgan fingerprint density at radius 3 is 2.27 bits per heavy atom. The second kappa shape index (κ2) is 4.07. The van der Waals surface area contributed by atoms with Crippen LogP contribution in [-0.4, -0.2) is 38.3 Å². The zero-order valence-electron chi connectivity index (χ0n) is 7.84. The molecule has 1 heterocycles. The highest BCUT2D eigenvalue weighted by molar-refractivity contribution is 4.73. The lowest BCUT2D eigenvalue weighted by molar-refractivity contribution is 0.0408. The van der Waals surface area contributed by atoms with Crippen LogP contribution in [0.1, 0.15) is 19.8 Å². The van der Waals surface area contributed by atoms with Crippen molar-refractivity contribution < 1.29 is 4.74 Å². The first-order chi connectivity index (χ1) is 5.22. The molecule has 0 aromatic heterocycles.